The first-order chi connectivity index (χ1) is 7.99. The van der Waals surface area contributed by atoms with Crippen LogP contribution >= 0.6 is 38.5 Å². The van der Waals surface area contributed by atoms with Crippen LogP contribution in [0.5, 0.6) is 0 Å². The Morgan fingerprint density at radius 2 is 2.29 bits per heavy atom. The van der Waals surface area contributed by atoms with Crippen LogP contribution in [0.25, 0.3) is 0 Å². The van der Waals surface area contributed by atoms with Crippen molar-refractivity contribution in [2.75, 3.05) is 5.32 Å². The standard InChI is InChI=1S/C12H16BrIN2O/c1-8(15)3-2-4-12(17)16-9-5-6-10(13)11(14)7-9/h5-8H,2-4,15H2,1H3,(H,16,17). The largest absolute Gasteiger partial charge is 0.328 e. The van der Waals surface area contributed by atoms with Crippen molar-refractivity contribution in [3.8, 4) is 0 Å². The first-order valence-electron chi connectivity index (χ1n) is 5.49. The van der Waals surface area contributed by atoms with Crippen molar-refractivity contribution in [3.63, 3.8) is 0 Å². The maximum atomic E-state index is 11.6. The van der Waals surface area contributed by atoms with Gasteiger partial charge < -0.3 is 11.1 Å². The minimum Gasteiger partial charge on any atom is -0.328 e. The van der Waals surface area contributed by atoms with Gasteiger partial charge in [-0.3, -0.25) is 4.79 Å². The monoisotopic (exact) mass is 410 g/mol. The van der Waals surface area contributed by atoms with Crippen molar-refractivity contribution in [3.05, 3.63) is 26.2 Å². The average Bonchev–Trinajstić information content (AvgIpc) is 2.23. The molecule has 3 N–H and O–H groups in total. The lowest BCUT2D eigenvalue weighted by Gasteiger charge is -2.07. The van der Waals surface area contributed by atoms with Crippen LogP contribution in [-0.2, 0) is 4.79 Å². The Hall–Kier alpha value is -0.140. The summed E-state index contributed by atoms with van der Waals surface area (Å²) in [6.45, 7) is 1.95. The quantitative estimate of drug-likeness (QED) is 0.729. The molecule has 0 aliphatic carbocycles. The third-order valence-electron chi connectivity index (χ3n) is 2.27. The van der Waals surface area contributed by atoms with E-state index in [0.29, 0.717) is 6.42 Å². The highest BCUT2D eigenvalue weighted by Gasteiger charge is 2.04. The molecule has 0 saturated carbocycles. The van der Waals surface area contributed by atoms with Crippen molar-refractivity contribution in [1.82, 2.24) is 0 Å². The van der Waals surface area contributed by atoms with Crippen molar-refractivity contribution in [2.45, 2.75) is 32.2 Å². The van der Waals surface area contributed by atoms with Gasteiger partial charge in [0.05, 0.1) is 0 Å². The molecule has 94 valence electrons. The molecule has 1 aromatic rings. The molecular formula is C12H16BrIN2O. The molecule has 1 atom stereocenters. The smallest absolute Gasteiger partial charge is 0.224 e. The van der Waals surface area contributed by atoms with Crippen LogP contribution in [0.4, 0.5) is 5.69 Å². The number of carbonyl (C=O) groups is 1. The Morgan fingerprint density at radius 1 is 1.59 bits per heavy atom. The van der Waals surface area contributed by atoms with E-state index in [9.17, 15) is 4.79 Å². The number of nitrogens with two attached hydrogens (primary N) is 1. The summed E-state index contributed by atoms with van der Waals surface area (Å²) in [5.41, 5.74) is 6.47. The fourth-order valence-electron chi connectivity index (χ4n) is 1.38. The molecule has 1 rings (SSSR count). The van der Waals surface area contributed by atoms with E-state index < -0.39 is 0 Å². The summed E-state index contributed by atoms with van der Waals surface area (Å²) in [7, 11) is 0. The van der Waals surface area contributed by atoms with Crippen LogP contribution in [0.3, 0.4) is 0 Å². The molecule has 5 heteroatoms. The second-order valence-electron chi connectivity index (χ2n) is 4.05. The number of hydrogen-bond donors (Lipinski definition) is 2. The zero-order valence-corrected chi connectivity index (χ0v) is 13.4. The summed E-state index contributed by atoms with van der Waals surface area (Å²) in [5.74, 6) is 0.0452. The molecule has 0 bridgehead atoms. The molecule has 1 amide bonds. The second-order valence-corrected chi connectivity index (χ2v) is 6.06. The Kier molecular flexibility index (Phi) is 6.43. The Bertz CT molecular complexity index is 396. The van der Waals surface area contributed by atoms with Gasteiger partial charge in [0.25, 0.3) is 0 Å². The van der Waals surface area contributed by atoms with Crippen molar-refractivity contribution in [1.29, 1.82) is 0 Å². The topological polar surface area (TPSA) is 55.1 Å². The highest BCUT2D eigenvalue weighted by atomic mass is 127. The SMILES string of the molecule is CC(N)CCCC(=O)Nc1ccc(Br)c(I)c1. The molecule has 3 nitrogen and oxygen atoms in total. The zero-order chi connectivity index (χ0) is 12.8. The van der Waals surface area contributed by atoms with Crippen LogP contribution in [0.15, 0.2) is 22.7 Å². The molecule has 0 aliphatic rings. The lowest BCUT2D eigenvalue weighted by Crippen LogP contribution is -2.16. The number of benzene rings is 1. The molecule has 0 aromatic heterocycles. The van der Waals surface area contributed by atoms with E-state index in [1.807, 2.05) is 25.1 Å². The van der Waals surface area contributed by atoms with Gasteiger partial charge in [0.2, 0.25) is 5.91 Å². The number of hydrogen-bond acceptors (Lipinski definition) is 2. The lowest BCUT2D eigenvalue weighted by molar-refractivity contribution is -0.116. The maximum Gasteiger partial charge on any atom is 0.224 e. The van der Waals surface area contributed by atoms with Crippen molar-refractivity contribution >= 4 is 50.1 Å². The summed E-state index contributed by atoms with van der Waals surface area (Å²) in [6, 6.07) is 5.92. The van der Waals surface area contributed by atoms with E-state index in [2.05, 4.69) is 43.8 Å². The summed E-state index contributed by atoms with van der Waals surface area (Å²) in [5, 5.41) is 2.88. The van der Waals surface area contributed by atoms with Gasteiger partial charge >= 0.3 is 0 Å². The van der Waals surface area contributed by atoms with Gasteiger partial charge in [-0.2, -0.15) is 0 Å². The minimum atomic E-state index is 0.0452. The number of carbonyl (C=O) groups excluding carboxylic acids is 1. The van der Waals surface area contributed by atoms with Gasteiger partial charge in [0.1, 0.15) is 0 Å². The third kappa shape index (κ3) is 5.83. The zero-order valence-electron chi connectivity index (χ0n) is 9.67. The normalized spacial score (nSPS) is 12.2. The number of halogens is 2. The van der Waals surface area contributed by atoms with Gasteiger partial charge in [-0.25, -0.2) is 0 Å². The van der Waals surface area contributed by atoms with Crippen molar-refractivity contribution in [2.24, 2.45) is 5.73 Å². The van der Waals surface area contributed by atoms with E-state index in [1.54, 1.807) is 0 Å². The van der Waals surface area contributed by atoms with E-state index in [0.717, 1.165) is 26.6 Å². The molecule has 0 radical (unpaired) electrons. The lowest BCUT2D eigenvalue weighted by atomic mass is 10.1. The molecule has 0 saturated heterocycles. The minimum absolute atomic E-state index is 0.0452. The fourth-order valence-corrected chi connectivity index (χ4v) is 2.14. The number of nitrogens with one attached hydrogen (secondary N) is 1. The van der Waals surface area contributed by atoms with Gasteiger partial charge in [0, 0.05) is 26.2 Å². The highest BCUT2D eigenvalue weighted by Crippen LogP contribution is 2.22. The summed E-state index contributed by atoms with van der Waals surface area (Å²) >= 11 is 5.64. The Labute approximate surface area is 124 Å². The number of amides is 1. The first-order valence-corrected chi connectivity index (χ1v) is 7.36. The predicted octanol–water partition coefficient (Wildman–Crippen LogP) is 3.51. The van der Waals surface area contributed by atoms with E-state index in [-0.39, 0.29) is 11.9 Å². The Balaban J connectivity index is 2.42. The predicted molar refractivity (Wildman–Crippen MR) is 83.0 cm³/mol. The van der Waals surface area contributed by atoms with E-state index >= 15 is 0 Å². The highest BCUT2D eigenvalue weighted by molar-refractivity contribution is 14.1. The molecule has 0 aliphatic heterocycles. The second kappa shape index (κ2) is 7.33. The molecule has 1 unspecified atom stereocenters. The van der Waals surface area contributed by atoms with Crippen LogP contribution in [0, 0.1) is 3.57 Å². The molecule has 0 spiro atoms. The van der Waals surface area contributed by atoms with Crippen LogP contribution < -0.4 is 11.1 Å². The molecule has 0 heterocycles. The Morgan fingerprint density at radius 3 is 2.88 bits per heavy atom. The molecular weight excluding hydrogens is 395 g/mol. The van der Waals surface area contributed by atoms with E-state index in [4.69, 9.17) is 5.73 Å². The average molecular weight is 411 g/mol. The van der Waals surface area contributed by atoms with Crippen LogP contribution in [0.2, 0.25) is 0 Å². The summed E-state index contributed by atoms with van der Waals surface area (Å²) in [6.07, 6.45) is 2.23. The van der Waals surface area contributed by atoms with Gasteiger partial charge in [-0.1, -0.05) is 0 Å². The van der Waals surface area contributed by atoms with Crippen molar-refractivity contribution < 1.29 is 4.79 Å². The number of anilines is 1. The summed E-state index contributed by atoms with van der Waals surface area (Å²) < 4.78 is 2.11. The first kappa shape index (κ1) is 14.9. The van der Waals surface area contributed by atoms with Gasteiger partial charge in [-0.05, 0) is 76.5 Å². The number of rotatable bonds is 5. The maximum absolute atomic E-state index is 11.6. The molecule has 17 heavy (non-hydrogen) atoms. The van der Waals surface area contributed by atoms with Crippen LogP contribution in [0.1, 0.15) is 26.2 Å². The van der Waals surface area contributed by atoms with Gasteiger partial charge in [0.15, 0.2) is 0 Å². The molecule has 0 fully saturated rings. The fraction of sp³-hybridized carbons (Fsp3) is 0.417. The van der Waals surface area contributed by atoms with Gasteiger partial charge in [-0.15, -0.1) is 0 Å². The summed E-state index contributed by atoms with van der Waals surface area (Å²) in [4.78, 5) is 11.6. The molecule has 1 aromatic carbocycles. The van der Waals surface area contributed by atoms with Crippen LogP contribution in [-0.4, -0.2) is 11.9 Å². The van der Waals surface area contributed by atoms with E-state index in [1.165, 1.54) is 0 Å². The third-order valence-corrected chi connectivity index (χ3v) is 4.59.